The van der Waals surface area contributed by atoms with Crippen LogP contribution in [0.15, 0.2) is 18.7 Å². The largest absolute Gasteiger partial charge is 0.336 e. The van der Waals surface area contributed by atoms with Crippen LogP contribution in [0.4, 0.5) is 0 Å². The Morgan fingerprint density at radius 2 is 2.00 bits per heavy atom. The summed E-state index contributed by atoms with van der Waals surface area (Å²) >= 11 is 0. The molecule has 1 aromatic rings. The summed E-state index contributed by atoms with van der Waals surface area (Å²) in [5.74, 6) is 0. The minimum absolute atomic E-state index is 0.253. The highest BCUT2D eigenvalue weighted by atomic mass is 15.1. The Balaban J connectivity index is 2.50. The molecule has 1 N–H and O–H groups in total. The van der Waals surface area contributed by atoms with Gasteiger partial charge in [-0.05, 0) is 18.8 Å². The Morgan fingerprint density at radius 1 is 1.26 bits per heavy atom. The van der Waals surface area contributed by atoms with E-state index in [0.717, 1.165) is 6.54 Å². The second-order valence-electron chi connectivity index (χ2n) is 6.74. The van der Waals surface area contributed by atoms with Gasteiger partial charge in [0.1, 0.15) is 0 Å². The summed E-state index contributed by atoms with van der Waals surface area (Å²) in [4.78, 5) is 4.13. The van der Waals surface area contributed by atoms with Crippen LogP contribution in [-0.4, -0.2) is 21.6 Å². The fourth-order valence-electron chi connectivity index (χ4n) is 2.31. The highest BCUT2D eigenvalue weighted by Gasteiger charge is 2.25. The predicted octanol–water partition coefficient (Wildman–Crippen LogP) is 3.86. The molecular weight excluding hydrogens is 234 g/mol. The lowest BCUT2D eigenvalue weighted by Gasteiger charge is -2.34. The maximum Gasteiger partial charge on any atom is 0.0946 e. The van der Waals surface area contributed by atoms with E-state index >= 15 is 0 Å². The van der Waals surface area contributed by atoms with Crippen LogP contribution in [0.3, 0.4) is 0 Å². The van der Waals surface area contributed by atoms with Gasteiger partial charge in [0.15, 0.2) is 0 Å². The molecule has 0 saturated carbocycles. The summed E-state index contributed by atoms with van der Waals surface area (Å²) in [7, 11) is 0. The molecule has 0 spiro atoms. The van der Waals surface area contributed by atoms with Gasteiger partial charge in [0.2, 0.25) is 0 Å². The van der Waals surface area contributed by atoms with Gasteiger partial charge in [0.05, 0.1) is 6.33 Å². The van der Waals surface area contributed by atoms with Gasteiger partial charge in [-0.2, -0.15) is 0 Å². The molecule has 0 aliphatic heterocycles. The summed E-state index contributed by atoms with van der Waals surface area (Å²) in [5.41, 5.74) is 0.253. The van der Waals surface area contributed by atoms with Crippen molar-refractivity contribution < 1.29 is 0 Å². The summed E-state index contributed by atoms with van der Waals surface area (Å²) < 4.78 is 2.17. The molecule has 0 fully saturated rings. The summed E-state index contributed by atoms with van der Waals surface area (Å²) in [6, 6.07) is 1.05. The predicted molar refractivity (Wildman–Crippen MR) is 82.2 cm³/mol. The molecule has 0 saturated heterocycles. The highest BCUT2D eigenvalue weighted by molar-refractivity contribution is 4.86. The second kappa shape index (κ2) is 7.68. The molecule has 0 aliphatic rings. The Morgan fingerprint density at radius 3 is 2.53 bits per heavy atom. The van der Waals surface area contributed by atoms with Gasteiger partial charge in [-0.25, -0.2) is 4.98 Å². The average Bonchev–Trinajstić information content (AvgIpc) is 2.80. The topological polar surface area (TPSA) is 29.9 Å². The van der Waals surface area contributed by atoms with E-state index in [1.807, 2.05) is 18.7 Å². The lowest BCUT2D eigenvalue weighted by atomic mass is 9.86. The minimum Gasteiger partial charge on any atom is -0.336 e. The third-order valence-corrected chi connectivity index (χ3v) is 3.72. The molecule has 1 heterocycles. The molecule has 2 atom stereocenters. The smallest absolute Gasteiger partial charge is 0.0946 e. The molecule has 0 amide bonds. The fourth-order valence-corrected chi connectivity index (χ4v) is 2.31. The lowest BCUT2D eigenvalue weighted by molar-refractivity contribution is 0.221. The van der Waals surface area contributed by atoms with Crippen LogP contribution in [0.2, 0.25) is 0 Å². The zero-order chi connectivity index (χ0) is 14.3. The van der Waals surface area contributed by atoms with Crippen LogP contribution in [0.25, 0.3) is 0 Å². The van der Waals surface area contributed by atoms with E-state index in [1.165, 1.54) is 25.7 Å². The van der Waals surface area contributed by atoms with E-state index in [2.05, 4.69) is 49.5 Å². The number of hydrogen-bond acceptors (Lipinski definition) is 2. The van der Waals surface area contributed by atoms with Crippen molar-refractivity contribution in [3.63, 3.8) is 0 Å². The Kier molecular flexibility index (Phi) is 6.56. The maximum absolute atomic E-state index is 4.13. The van der Waals surface area contributed by atoms with Gasteiger partial charge in [0, 0.05) is 31.0 Å². The maximum atomic E-state index is 4.13. The van der Waals surface area contributed by atoms with Crippen molar-refractivity contribution >= 4 is 0 Å². The van der Waals surface area contributed by atoms with E-state index in [4.69, 9.17) is 0 Å². The summed E-state index contributed by atoms with van der Waals surface area (Å²) in [6.07, 6.45) is 11.0. The Bertz CT molecular complexity index is 324. The van der Waals surface area contributed by atoms with Crippen molar-refractivity contribution in [3.05, 3.63) is 18.7 Å². The molecule has 0 aliphatic carbocycles. The van der Waals surface area contributed by atoms with Gasteiger partial charge in [-0.3, -0.25) is 0 Å². The van der Waals surface area contributed by atoms with Crippen molar-refractivity contribution in [2.45, 2.75) is 78.9 Å². The van der Waals surface area contributed by atoms with Crippen LogP contribution in [0, 0.1) is 5.41 Å². The van der Waals surface area contributed by atoms with Gasteiger partial charge in [-0.15, -0.1) is 0 Å². The number of hydrogen-bond donors (Lipinski definition) is 1. The van der Waals surface area contributed by atoms with Gasteiger partial charge in [0.25, 0.3) is 0 Å². The Labute approximate surface area is 118 Å². The van der Waals surface area contributed by atoms with Crippen LogP contribution < -0.4 is 5.32 Å². The minimum atomic E-state index is 0.253. The van der Waals surface area contributed by atoms with Crippen molar-refractivity contribution in [1.29, 1.82) is 0 Å². The zero-order valence-electron chi connectivity index (χ0n) is 13.3. The molecule has 110 valence electrons. The first-order valence-electron chi connectivity index (χ1n) is 7.65. The quantitative estimate of drug-likeness (QED) is 0.723. The standard InChI is InChI=1S/C16H31N3/c1-6-7-8-9-14(2)18-15(16(3,4)5)12-19-11-10-17-13-19/h10-11,13-15,18H,6-9,12H2,1-5H3. The number of unbranched alkanes of at least 4 members (excludes halogenated alkanes) is 2. The van der Waals surface area contributed by atoms with Crippen LogP contribution in [0.1, 0.15) is 60.3 Å². The summed E-state index contributed by atoms with van der Waals surface area (Å²) in [6.45, 7) is 12.5. The normalized spacial score (nSPS) is 15.4. The third-order valence-electron chi connectivity index (χ3n) is 3.72. The van der Waals surface area contributed by atoms with Crippen molar-refractivity contribution in [2.24, 2.45) is 5.41 Å². The van der Waals surface area contributed by atoms with E-state index in [0.29, 0.717) is 12.1 Å². The van der Waals surface area contributed by atoms with Crippen molar-refractivity contribution in [1.82, 2.24) is 14.9 Å². The molecule has 1 rings (SSSR count). The number of rotatable bonds is 8. The van der Waals surface area contributed by atoms with Gasteiger partial charge < -0.3 is 9.88 Å². The molecule has 3 heteroatoms. The zero-order valence-corrected chi connectivity index (χ0v) is 13.3. The number of nitrogens with zero attached hydrogens (tertiary/aromatic N) is 2. The summed E-state index contributed by atoms with van der Waals surface area (Å²) in [5, 5.41) is 3.81. The SMILES string of the molecule is CCCCCC(C)NC(Cn1ccnc1)C(C)(C)C. The molecule has 0 bridgehead atoms. The van der Waals surface area contributed by atoms with E-state index < -0.39 is 0 Å². The van der Waals surface area contributed by atoms with Gasteiger partial charge >= 0.3 is 0 Å². The van der Waals surface area contributed by atoms with E-state index in [-0.39, 0.29) is 5.41 Å². The third kappa shape index (κ3) is 6.24. The van der Waals surface area contributed by atoms with E-state index in [1.54, 1.807) is 0 Å². The molecule has 19 heavy (non-hydrogen) atoms. The highest BCUT2D eigenvalue weighted by Crippen LogP contribution is 2.22. The van der Waals surface area contributed by atoms with Crippen LogP contribution >= 0.6 is 0 Å². The van der Waals surface area contributed by atoms with Crippen LogP contribution in [0.5, 0.6) is 0 Å². The number of nitrogens with one attached hydrogen (secondary N) is 1. The molecule has 0 aromatic carbocycles. The van der Waals surface area contributed by atoms with Crippen molar-refractivity contribution in [2.75, 3.05) is 0 Å². The number of aromatic nitrogens is 2. The first-order valence-corrected chi connectivity index (χ1v) is 7.65. The first-order chi connectivity index (χ1) is 8.93. The molecule has 3 nitrogen and oxygen atoms in total. The van der Waals surface area contributed by atoms with Crippen LogP contribution in [-0.2, 0) is 6.54 Å². The second-order valence-corrected chi connectivity index (χ2v) is 6.74. The van der Waals surface area contributed by atoms with Gasteiger partial charge in [-0.1, -0.05) is 47.0 Å². The fraction of sp³-hybridized carbons (Fsp3) is 0.812. The molecule has 0 radical (unpaired) electrons. The lowest BCUT2D eigenvalue weighted by Crippen LogP contribution is -2.47. The number of imidazole rings is 1. The molecule has 2 unspecified atom stereocenters. The Hall–Kier alpha value is -0.830. The van der Waals surface area contributed by atoms with E-state index in [9.17, 15) is 0 Å². The monoisotopic (exact) mass is 265 g/mol. The molecule has 1 aromatic heterocycles. The van der Waals surface area contributed by atoms with Crippen molar-refractivity contribution in [3.8, 4) is 0 Å². The average molecular weight is 265 g/mol. The molecular formula is C16H31N3. The first kappa shape index (κ1) is 16.2.